The van der Waals surface area contributed by atoms with Gasteiger partial charge in [0.05, 0.1) is 0 Å². The minimum Gasteiger partial charge on any atom is -0.328 e. The van der Waals surface area contributed by atoms with Crippen molar-refractivity contribution in [1.82, 2.24) is 4.90 Å². The van der Waals surface area contributed by atoms with Crippen molar-refractivity contribution >= 4 is 0 Å². The Hall–Kier alpha value is -0.0800. The second kappa shape index (κ2) is 4.66. The molecule has 1 aliphatic carbocycles. The van der Waals surface area contributed by atoms with Gasteiger partial charge in [0.15, 0.2) is 0 Å². The van der Waals surface area contributed by atoms with Gasteiger partial charge in [-0.25, -0.2) is 0 Å². The monoisotopic (exact) mass is 224 g/mol. The SMILES string of the molecule is CC(C)(C)CC(N)CCN1CC2CCC1C2. The van der Waals surface area contributed by atoms with Gasteiger partial charge in [0.2, 0.25) is 0 Å². The highest BCUT2D eigenvalue weighted by Gasteiger charge is 2.37. The molecular weight excluding hydrogens is 196 g/mol. The summed E-state index contributed by atoms with van der Waals surface area (Å²) in [5.41, 5.74) is 6.59. The largest absolute Gasteiger partial charge is 0.328 e. The molecule has 1 aliphatic heterocycles. The van der Waals surface area contributed by atoms with Gasteiger partial charge >= 0.3 is 0 Å². The highest BCUT2D eigenvalue weighted by molar-refractivity contribution is 4.92. The number of rotatable bonds is 4. The van der Waals surface area contributed by atoms with E-state index in [0.29, 0.717) is 11.5 Å². The van der Waals surface area contributed by atoms with E-state index in [1.807, 2.05) is 0 Å². The summed E-state index contributed by atoms with van der Waals surface area (Å²) in [6.45, 7) is 9.44. The minimum absolute atomic E-state index is 0.378. The van der Waals surface area contributed by atoms with Gasteiger partial charge < -0.3 is 10.6 Å². The summed E-state index contributed by atoms with van der Waals surface area (Å²) >= 11 is 0. The zero-order chi connectivity index (χ0) is 11.8. The average Bonchev–Trinajstić information content (AvgIpc) is 2.72. The maximum absolute atomic E-state index is 6.21. The van der Waals surface area contributed by atoms with Gasteiger partial charge in [-0.15, -0.1) is 0 Å². The molecule has 1 saturated carbocycles. The maximum atomic E-state index is 6.21. The highest BCUT2D eigenvalue weighted by atomic mass is 15.2. The van der Waals surface area contributed by atoms with E-state index in [-0.39, 0.29) is 0 Å². The van der Waals surface area contributed by atoms with E-state index in [1.54, 1.807) is 0 Å². The van der Waals surface area contributed by atoms with Gasteiger partial charge in [0.25, 0.3) is 0 Å². The predicted molar refractivity (Wildman–Crippen MR) is 69.4 cm³/mol. The van der Waals surface area contributed by atoms with Crippen molar-refractivity contribution < 1.29 is 0 Å². The molecule has 2 aliphatic rings. The molecule has 1 saturated heterocycles. The lowest BCUT2D eigenvalue weighted by molar-refractivity contribution is 0.199. The van der Waals surface area contributed by atoms with Crippen molar-refractivity contribution in [3.8, 4) is 0 Å². The van der Waals surface area contributed by atoms with Gasteiger partial charge in [-0.2, -0.15) is 0 Å². The van der Waals surface area contributed by atoms with Gasteiger partial charge in [-0.1, -0.05) is 20.8 Å². The van der Waals surface area contributed by atoms with E-state index >= 15 is 0 Å². The molecule has 0 aromatic rings. The summed E-state index contributed by atoms with van der Waals surface area (Å²) in [7, 11) is 0. The van der Waals surface area contributed by atoms with Crippen LogP contribution in [0.5, 0.6) is 0 Å². The van der Waals surface area contributed by atoms with Crippen molar-refractivity contribution in [3.63, 3.8) is 0 Å². The summed E-state index contributed by atoms with van der Waals surface area (Å²) < 4.78 is 0. The van der Waals surface area contributed by atoms with E-state index in [4.69, 9.17) is 5.73 Å². The second-order valence-corrected chi connectivity index (χ2v) is 7.14. The number of hydrogen-bond donors (Lipinski definition) is 1. The van der Waals surface area contributed by atoms with Crippen LogP contribution in [0, 0.1) is 11.3 Å². The lowest BCUT2D eigenvalue weighted by atomic mass is 9.87. The quantitative estimate of drug-likeness (QED) is 0.795. The molecule has 0 amide bonds. The number of hydrogen-bond acceptors (Lipinski definition) is 2. The van der Waals surface area contributed by atoms with Crippen molar-refractivity contribution in [2.24, 2.45) is 17.1 Å². The van der Waals surface area contributed by atoms with Gasteiger partial charge in [0, 0.05) is 18.6 Å². The molecule has 3 atom stereocenters. The fourth-order valence-corrected chi connectivity index (χ4v) is 3.52. The Labute approximate surface area is 101 Å². The molecule has 0 aromatic heterocycles. The summed E-state index contributed by atoms with van der Waals surface area (Å²) in [5, 5.41) is 0. The smallest absolute Gasteiger partial charge is 0.00986 e. The molecule has 2 bridgehead atoms. The van der Waals surface area contributed by atoms with Crippen LogP contribution < -0.4 is 5.73 Å². The Morgan fingerprint density at radius 2 is 2.06 bits per heavy atom. The molecule has 16 heavy (non-hydrogen) atoms. The molecule has 2 nitrogen and oxygen atoms in total. The normalized spacial score (nSPS) is 32.2. The first kappa shape index (κ1) is 12.4. The van der Waals surface area contributed by atoms with Crippen LogP contribution in [0.2, 0.25) is 0 Å². The molecule has 3 unspecified atom stereocenters. The number of fused-ring (bicyclic) bond motifs is 2. The van der Waals surface area contributed by atoms with Crippen LogP contribution in [0.4, 0.5) is 0 Å². The second-order valence-electron chi connectivity index (χ2n) is 7.14. The Kier molecular flexibility index (Phi) is 3.60. The van der Waals surface area contributed by atoms with Crippen molar-refractivity contribution in [2.75, 3.05) is 13.1 Å². The van der Waals surface area contributed by atoms with Crippen LogP contribution in [0.3, 0.4) is 0 Å². The molecule has 2 heteroatoms. The molecule has 2 rings (SSSR count). The first-order valence-corrected chi connectivity index (χ1v) is 6.94. The lowest BCUT2D eigenvalue weighted by Gasteiger charge is -2.29. The predicted octanol–water partition coefficient (Wildman–Crippen LogP) is 2.62. The lowest BCUT2D eigenvalue weighted by Crippen LogP contribution is -2.37. The third kappa shape index (κ3) is 3.21. The molecular formula is C14H28N2. The first-order valence-electron chi connectivity index (χ1n) is 6.94. The Balaban J connectivity index is 1.68. The van der Waals surface area contributed by atoms with Gasteiger partial charge in [-0.3, -0.25) is 0 Å². The third-order valence-electron chi connectivity index (χ3n) is 4.18. The fraction of sp³-hybridized carbons (Fsp3) is 1.00. The summed E-state index contributed by atoms with van der Waals surface area (Å²) in [5.74, 6) is 1.02. The van der Waals surface area contributed by atoms with Crippen LogP contribution in [-0.4, -0.2) is 30.1 Å². The number of nitrogens with two attached hydrogens (primary N) is 1. The molecule has 2 N–H and O–H groups in total. The zero-order valence-corrected chi connectivity index (χ0v) is 11.2. The van der Waals surface area contributed by atoms with Gasteiger partial charge in [-0.05, 0) is 50.0 Å². The topological polar surface area (TPSA) is 29.3 Å². The van der Waals surface area contributed by atoms with Crippen LogP contribution >= 0.6 is 0 Å². The Bertz CT molecular complexity index is 231. The van der Waals surface area contributed by atoms with Crippen LogP contribution in [0.25, 0.3) is 0 Å². The maximum Gasteiger partial charge on any atom is 0.00986 e. The van der Waals surface area contributed by atoms with Crippen molar-refractivity contribution in [2.45, 2.75) is 65.0 Å². The van der Waals surface area contributed by atoms with Crippen molar-refractivity contribution in [1.29, 1.82) is 0 Å². The molecule has 1 heterocycles. The molecule has 94 valence electrons. The summed E-state index contributed by atoms with van der Waals surface area (Å²) in [6.07, 6.45) is 6.72. The Morgan fingerprint density at radius 3 is 2.56 bits per heavy atom. The summed E-state index contributed by atoms with van der Waals surface area (Å²) in [6, 6.07) is 1.30. The van der Waals surface area contributed by atoms with E-state index in [9.17, 15) is 0 Å². The average molecular weight is 224 g/mol. The highest BCUT2D eigenvalue weighted by Crippen LogP contribution is 2.37. The van der Waals surface area contributed by atoms with Crippen molar-refractivity contribution in [3.05, 3.63) is 0 Å². The van der Waals surface area contributed by atoms with Crippen LogP contribution in [0.1, 0.15) is 52.9 Å². The summed E-state index contributed by atoms with van der Waals surface area (Å²) in [4.78, 5) is 2.69. The third-order valence-corrected chi connectivity index (χ3v) is 4.18. The first-order chi connectivity index (χ1) is 7.44. The molecule has 0 radical (unpaired) electrons. The molecule has 2 fully saturated rings. The molecule has 0 spiro atoms. The van der Waals surface area contributed by atoms with E-state index in [1.165, 1.54) is 38.8 Å². The van der Waals surface area contributed by atoms with Crippen LogP contribution in [-0.2, 0) is 0 Å². The van der Waals surface area contributed by atoms with E-state index in [0.717, 1.165) is 18.4 Å². The minimum atomic E-state index is 0.378. The van der Waals surface area contributed by atoms with E-state index in [2.05, 4.69) is 25.7 Å². The van der Waals surface area contributed by atoms with E-state index < -0.39 is 0 Å². The Morgan fingerprint density at radius 1 is 1.31 bits per heavy atom. The fourth-order valence-electron chi connectivity index (χ4n) is 3.52. The molecule has 0 aromatic carbocycles. The zero-order valence-electron chi connectivity index (χ0n) is 11.2. The number of likely N-dealkylation sites (tertiary alicyclic amines) is 1. The number of piperidine rings is 1. The van der Waals surface area contributed by atoms with Gasteiger partial charge in [0.1, 0.15) is 0 Å². The standard InChI is InChI=1S/C14H28N2/c1-14(2,3)9-12(15)6-7-16-10-11-4-5-13(16)8-11/h11-13H,4-10,15H2,1-3H3. The van der Waals surface area contributed by atoms with Crippen LogP contribution in [0.15, 0.2) is 0 Å². The number of nitrogens with zero attached hydrogens (tertiary/aromatic N) is 1.